The first kappa shape index (κ1) is 17.4. The standard InChI is InChI=1S/C19H22ClNO2/c1-4-5-10-23-18-9-7-15(20)12-17(18)19(22)21-16-8-6-13(2)14(3)11-16/h6-9,11-12H,4-5,10H2,1-3H3,(H,21,22). The van der Waals surface area contributed by atoms with Gasteiger partial charge in [0.1, 0.15) is 5.75 Å². The minimum Gasteiger partial charge on any atom is -0.493 e. The lowest BCUT2D eigenvalue weighted by molar-refractivity contribution is 0.102. The summed E-state index contributed by atoms with van der Waals surface area (Å²) < 4.78 is 5.71. The Hall–Kier alpha value is -2.00. The van der Waals surface area contributed by atoms with Gasteiger partial charge in [0.05, 0.1) is 12.2 Å². The highest BCUT2D eigenvalue weighted by atomic mass is 35.5. The van der Waals surface area contributed by atoms with Crippen molar-refractivity contribution in [2.45, 2.75) is 33.6 Å². The summed E-state index contributed by atoms with van der Waals surface area (Å²) in [6, 6.07) is 10.9. The van der Waals surface area contributed by atoms with E-state index >= 15 is 0 Å². The molecule has 1 N–H and O–H groups in total. The number of nitrogens with one attached hydrogen (secondary N) is 1. The van der Waals surface area contributed by atoms with Crippen LogP contribution in [0.1, 0.15) is 41.3 Å². The Labute approximate surface area is 142 Å². The maximum atomic E-state index is 12.6. The zero-order valence-electron chi connectivity index (χ0n) is 13.8. The van der Waals surface area contributed by atoms with Crippen LogP contribution in [0.5, 0.6) is 5.75 Å². The molecule has 0 saturated heterocycles. The van der Waals surface area contributed by atoms with E-state index in [1.54, 1.807) is 18.2 Å². The third kappa shape index (κ3) is 4.73. The number of aryl methyl sites for hydroxylation is 2. The van der Waals surface area contributed by atoms with Crippen molar-refractivity contribution in [3.05, 3.63) is 58.1 Å². The van der Waals surface area contributed by atoms with Crippen molar-refractivity contribution in [1.82, 2.24) is 0 Å². The average Bonchev–Trinajstić information content (AvgIpc) is 2.52. The minimum atomic E-state index is -0.220. The molecule has 23 heavy (non-hydrogen) atoms. The summed E-state index contributed by atoms with van der Waals surface area (Å²) in [7, 11) is 0. The van der Waals surface area contributed by atoms with E-state index in [9.17, 15) is 4.79 Å². The third-order valence-electron chi connectivity index (χ3n) is 3.71. The second-order valence-corrected chi connectivity index (χ2v) is 6.03. The van der Waals surface area contributed by atoms with Crippen molar-refractivity contribution in [2.24, 2.45) is 0 Å². The fourth-order valence-corrected chi connectivity index (χ4v) is 2.32. The zero-order chi connectivity index (χ0) is 16.8. The van der Waals surface area contributed by atoms with Gasteiger partial charge in [-0.1, -0.05) is 31.0 Å². The molecule has 3 nitrogen and oxygen atoms in total. The Morgan fingerprint density at radius 2 is 1.91 bits per heavy atom. The SMILES string of the molecule is CCCCOc1ccc(Cl)cc1C(=O)Nc1ccc(C)c(C)c1. The Morgan fingerprint density at radius 3 is 2.61 bits per heavy atom. The molecule has 0 radical (unpaired) electrons. The number of benzene rings is 2. The van der Waals surface area contributed by atoms with Crippen LogP contribution in [0.25, 0.3) is 0 Å². The summed E-state index contributed by atoms with van der Waals surface area (Å²) in [6.45, 7) is 6.74. The maximum Gasteiger partial charge on any atom is 0.259 e. The van der Waals surface area contributed by atoms with Gasteiger partial charge in [-0.25, -0.2) is 0 Å². The third-order valence-corrected chi connectivity index (χ3v) is 3.94. The number of unbranched alkanes of at least 4 members (excludes halogenated alkanes) is 1. The number of rotatable bonds is 6. The van der Waals surface area contributed by atoms with Crippen molar-refractivity contribution in [3.63, 3.8) is 0 Å². The second kappa shape index (κ2) is 8.02. The summed E-state index contributed by atoms with van der Waals surface area (Å²) in [5.74, 6) is 0.339. The van der Waals surface area contributed by atoms with Crippen molar-refractivity contribution in [2.75, 3.05) is 11.9 Å². The van der Waals surface area contributed by atoms with Crippen molar-refractivity contribution in [1.29, 1.82) is 0 Å². The highest BCUT2D eigenvalue weighted by Crippen LogP contribution is 2.25. The predicted molar refractivity (Wildman–Crippen MR) is 95.7 cm³/mol. The highest BCUT2D eigenvalue weighted by molar-refractivity contribution is 6.31. The van der Waals surface area contributed by atoms with Gasteiger partial charge >= 0.3 is 0 Å². The molecule has 0 fully saturated rings. The summed E-state index contributed by atoms with van der Waals surface area (Å²) >= 11 is 6.04. The summed E-state index contributed by atoms with van der Waals surface area (Å²) in [5, 5.41) is 3.42. The first-order valence-corrected chi connectivity index (χ1v) is 8.20. The molecule has 0 aliphatic carbocycles. The average molecular weight is 332 g/mol. The van der Waals surface area contributed by atoms with Crippen LogP contribution < -0.4 is 10.1 Å². The summed E-state index contributed by atoms with van der Waals surface area (Å²) in [5.41, 5.74) is 3.53. The van der Waals surface area contributed by atoms with E-state index < -0.39 is 0 Å². The van der Waals surface area contributed by atoms with E-state index in [-0.39, 0.29) is 5.91 Å². The molecule has 0 atom stereocenters. The van der Waals surface area contributed by atoms with Crippen LogP contribution in [0.3, 0.4) is 0 Å². The van der Waals surface area contributed by atoms with Gasteiger partial charge in [-0.15, -0.1) is 0 Å². The summed E-state index contributed by atoms with van der Waals surface area (Å²) in [6.07, 6.45) is 1.98. The smallest absolute Gasteiger partial charge is 0.259 e. The molecular weight excluding hydrogens is 310 g/mol. The number of carbonyl (C=O) groups is 1. The second-order valence-electron chi connectivity index (χ2n) is 5.60. The normalized spacial score (nSPS) is 10.4. The van der Waals surface area contributed by atoms with Crippen molar-refractivity contribution >= 4 is 23.2 Å². The maximum absolute atomic E-state index is 12.6. The number of anilines is 1. The van der Waals surface area contributed by atoms with Crippen LogP contribution >= 0.6 is 11.6 Å². The lowest BCUT2D eigenvalue weighted by Crippen LogP contribution is -2.14. The number of amides is 1. The Morgan fingerprint density at radius 1 is 1.13 bits per heavy atom. The molecule has 2 rings (SSSR count). The first-order chi connectivity index (χ1) is 11.0. The van der Waals surface area contributed by atoms with E-state index in [0.29, 0.717) is 22.9 Å². The van der Waals surface area contributed by atoms with Gasteiger partial charge in [0, 0.05) is 10.7 Å². The quantitative estimate of drug-likeness (QED) is 0.721. The zero-order valence-corrected chi connectivity index (χ0v) is 14.5. The lowest BCUT2D eigenvalue weighted by atomic mass is 10.1. The topological polar surface area (TPSA) is 38.3 Å². The number of hydrogen-bond donors (Lipinski definition) is 1. The highest BCUT2D eigenvalue weighted by Gasteiger charge is 2.14. The fourth-order valence-electron chi connectivity index (χ4n) is 2.15. The van der Waals surface area contributed by atoms with Crippen LogP contribution in [-0.4, -0.2) is 12.5 Å². The molecule has 0 bridgehead atoms. The van der Waals surface area contributed by atoms with Crippen LogP contribution in [0, 0.1) is 13.8 Å². The van der Waals surface area contributed by atoms with Gasteiger partial charge in [-0.2, -0.15) is 0 Å². The van der Waals surface area contributed by atoms with E-state index in [1.807, 2.05) is 32.0 Å². The van der Waals surface area contributed by atoms with E-state index in [1.165, 1.54) is 5.56 Å². The van der Waals surface area contributed by atoms with E-state index in [2.05, 4.69) is 12.2 Å². The molecular formula is C19H22ClNO2. The van der Waals surface area contributed by atoms with Crippen LogP contribution in [0.2, 0.25) is 5.02 Å². The van der Waals surface area contributed by atoms with Gasteiger partial charge in [0.15, 0.2) is 0 Å². The summed E-state index contributed by atoms with van der Waals surface area (Å²) in [4.78, 5) is 12.6. The lowest BCUT2D eigenvalue weighted by Gasteiger charge is -2.13. The molecule has 2 aromatic carbocycles. The van der Waals surface area contributed by atoms with E-state index in [4.69, 9.17) is 16.3 Å². The number of ether oxygens (including phenoxy) is 1. The van der Waals surface area contributed by atoms with Gasteiger partial charge in [-0.3, -0.25) is 4.79 Å². The molecule has 1 amide bonds. The Balaban J connectivity index is 2.19. The van der Waals surface area contributed by atoms with Gasteiger partial charge < -0.3 is 10.1 Å². The van der Waals surface area contributed by atoms with Crippen molar-refractivity contribution in [3.8, 4) is 5.75 Å². The van der Waals surface area contributed by atoms with Crippen LogP contribution in [0.15, 0.2) is 36.4 Å². The van der Waals surface area contributed by atoms with Crippen molar-refractivity contribution < 1.29 is 9.53 Å². The fraction of sp³-hybridized carbons (Fsp3) is 0.316. The molecule has 0 saturated carbocycles. The molecule has 0 aliphatic rings. The largest absolute Gasteiger partial charge is 0.493 e. The number of halogens is 1. The Bertz CT molecular complexity index is 698. The first-order valence-electron chi connectivity index (χ1n) is 7.82. The predicted octanol–water partition coefficient (Wildman–Crippen LogP) is 5.39. The number of hydrogen-bond acceptors (Lipinski definition) is 2. The van der Waals surface area contributed by atoms with Crippen LogP contribution in [0.4, 0.5) is 5.69 Å². The van der Waals surface area contributed by atoms with E-state index in [0.717, 1.165) is 24.1 Å². The van der Waals surface area contributed by atoms with Crippen LogP contribution in [-0.2, 0) is 0 Å². The molecule has 0 aliphatic heterocycles. The minimum absolute atomic E-state index is 0.220. The molecule has 0 unspecified atom stereocenters. The van der Waals surface area contributed by atoms with Gasteiger partial charge in [0.2, 0.25) is 0 Å². The molecule has 0 spiro atoms. The molecule has 4 heteroatoms. The van der Waals surface area contributed by atoms with Gasteiger partial charge in [-0.05, 0) is 61.7 Å². The monoisotopic (exact) mass is 331 g/mol. The molecule has 0 aromatic heterocycles. The number of carbonyl (C=O) groups excluding carboxylic acids is 1. The molecule has 2 aromatic rings. The van der Waals surface area contributed by atoms with Gasteiger partial charge in [0.25, 0.3) is 5.91 Å². The Kier molecular flexibility index (Phi) is 6.05. The molecule has 0 heterocycles. The molecule has 122 valence electrons.